The van der Waals surface area contributed by atoms with Crippen LogP contribution in [0.25, 0.3) is 6.08 Å². The van der Waals surface area contributed by atoms with Gasteiger partial charge in [0.1, 0.15) is 0 Å². The maximum absolute atomic E-state index is 12.3. The van der Waals surface area contributed by atoms with Crippen molar-refractivity contribution in [3.05, 3.63) is 48.6 Å². The van der Waals surface area contributed by atoms with Crippen molar-refractivity contribution in [1.82, 2.24) is 4.90 Å². The molecule has 3 nitrogen and oxygen atoms in total. The summed E-state index contributed by atoms with van der Waals surface area (Å²) in [6.45, 7) is 9.44. The van der Waals surface area contributed by atoms with Crippen LogP contribution < -0.4 is 4.90 Å². The fourth-order valence-corrected chi connectivity index (χ4v) is 3.27. The molecule has 0 radical (unpaired) electrons. The van der Waals surface area contributed by atoms with E-state index in [1.807, 2.05) is 23.1 Å². The molecule has 0 aromatic heterocycles. The molecule has 0 atom stereocenters. The van der Waals surface area contributed by atoms with Gasteiger partial charge in [-0.05, 0) is 30.5 Å². The van der Waals surface area contributed by atoms with Crippen molar-refractivity contribution in [3.63, 3.8) is 0 Å². The quantitative estimate of drug-likeness (QED) is 0.472. The number of rotatable bonds is 9. The molecule has 1 aromatic rings. The Morgan fingerprint density at radius 3 is 2.52 bits per heavy atom. The van der Waals surface area contributed by atoms with Crippen LogP contribution in [-0.4, -0.2) is 37.0 Å². The summed E-state index contributed by atoms with van der Waals surface area (Å²) in [5, 5.41) is 0. The molecule has 1 saturated heterocycles. The second kappa shape index (κ2) is 10.8. The molecule has 0 unspecified atom stereocenters. The molecule has 1 aliphatic rings. The van der Waals surface area contributed by atoms with E-state index in [4.69, 9.17) is 0 Å². The number of anilines is 1. The lowest BCUT2D eigenvalue weighted by molar-refractivity contribution is -0.126. The topological polar surface area (TPSA) is 23.6 Å². The molecule has 1 fully saturated rings. The van der Waals surface area contributed by atoms with Gasteiger partial charge in [-0.1, -0.05) is 69.5 Å². The standard InChI is InChI=1S/C22H32N2O/c1-3-5-6-7-8-9-10-15-22(25)24-18-16-23(17-19-24)21-14-12-11-13-20(21)4-2/h4,10-15H,2-3,5-9,16-19H2,1H3/b15-10+. The second-order valence-corrected chi connectivity index (χ2v) is 6.68. The summed E-state index contributed by atoms with van der Waals surface area (Å²) in [6, 6.07) is 8.31. The highest BCUT2D eigenvalue weighted by Crippen LogP contribution is 2.22. The Labute approximate surface area is 153 Å². The number of piperazine rings is 1. The summed E-state index contributed by atoms with van der Waals surface area (Å²) in [7, 11) is 0. The lowest BCUT2D eigenvalue weighted by Crippen LogP contribution is -2.48. The number of hydrogen-bond acceptors (Lipinski definition) is 2. The Kier molecular flexibility index (Phi) is 8.30. The van der Waals surface area contributed by atoms with E-state index >= 15 is 0 Å². The van der Waals surface area contributed by atoms with Crippen LogP contribution in [0.2, 0.25) is 0 Å². The molecule has 0 N–H and O–H groups in total. The van der Waals surface area contributed by atoms with Gasteiger partial charge in [0.2, 0.25) is 5.91 Å². The first-order valence-electron chi connectivity index (χ1n) is 9.68. The highest BCUT2D eigenvalue weighted by Gasteiger charge is 2.20. The third kappa shape index (κ3) is 6.08. The Morgan fingerprint density at radius 1 is 1.08 bits per heavy atom. The van der Waals surface area contributed by atoms with Crippen molar-refractivity contribution in [3.8, 4) is 0 Å². The molecular formula is C22H32N2O. The number of para-hydroxylation sites is 1. The van der Waals surface area contributed by atoms with Gasteiger partial charge in [0.25, 0.3) is 0 Å². The monoisotopic (exact) mass is 340 g/mol. The van der Waals surface area contributed by atoms with Crippen LogP contribution >= 0.6 is 0 Å². The number of nitrogens with zero attached hydrogens (tertiary/aromatic N) is 2. The third-order valence-corrected chi connectivity index (χ3v) is 4.82. The van der Waals surface area contributed by atoms with Crippen LogP contribution in [0.4, 0.5) is 5.69 Å². The highest BCUT2D eigenvalue weighted by atomic mass is 16.2. The maximum Gasteiger partial charge on any atom is 0.246 e. The number of unbranched alkanes of at least 4 members (excludes halogenated alkanes) is 5. The first-order chi connectivity index (χ1) is 12.3. The van der Waals surface area contributed by atoms with E-state index < -0.39 is 0 Å². The maximum atomic E-state index is 12.3. The van der Waals surface area contributed by atoms with Crippen molar-refractivity contribution >= 4 is 17.7 Å². The summed E-state index contributed by atoms with van der Waals surface area (Å²) >= 11 is 0. The predicted octanol–water partition coefficient (Wildman–Crippen LogP) is 4.89. The minimum absolute atomic E-state index is 0.158. The van der Waals surface area contributed by atoms with Gasteiger partial charge < -0.3 is 9.80 Å². The van der Waals surface area contributed by atoms with Gasteiger partial charge in [-0.3, -0.25) is 4.79 Å². The van der Waals surface area contributed by atoms with E-state index in [1.54, 1.807) is 6.08 Å². The zero-order valence-electron chi connectivity index (χ0n) is 15.6. The van der Waals surface area contributed by atoms with Gasteiger partial charge in [0.15, 0.2) is 0 Å². The van der Waals surface area contributed by atoms with Crippen molar-refractivity contribution in [2.24, 2.45) is 0 Å². The molecule has 1 aromatic carbocycles. The van der Waals surface area contributed by atoms with Crippen molar-refractivity contribution < 1.29 is 4.79 Å². The highest BCUT2D eigenvalue weighted by molar-refractivity contribution is 5.87. The molecule has 1 amide bonds. The largest absolute Gasteiger partial charge is 0.367 e. The first kappa shape index (κ1) is 19.3. The fraction of sp³-hybridized carbons (Fsp3) is 0.500. The molecule has 3 heteroatoms. The summed E-state index contributed by atoms with van der Waals surface area (Å²) in [6.07, 6.45) is 13.1. The molecule has 0 bridgehead atoms. The van der Waals surface area contributed by atoms with Gasteiger partial charge in [0, 0.05) is 31.9 Å². The number of hydrogen-bond donors (Lipinski definition) is 0. The van der Waals surface area contributed by atoms with E-state index in [1.165, 1.54) is 37.8 Å². The second-order valence-electron chi connectivity index (χ2n) is 6.68. The average molecular weight is 341 g/mol. The van der Waals surface area contributed by atoms with Crippen LogP contribution in [0, 0.1) is 0 Å². The SMILES string of the molecule is C=Cc1ccccc1N1CCN(C(=O)/C=C/CCCCCCC)CC1. The Bertz CT molecular complexity index is 571. The number of allylic oxidation sites excluding steroid dienone is 1. The molecular weight excluding hydrogens is 308 g/mol. The number of carbonyl (C=O) groups excluding carboxylic acids is 1. The van der Waals surface area contributed by atoms with Crippen molar-refractivity contribution in [1.29, 1.82) is 0 Å². The Morgan fingerprint density at radius 2 is 1.80 bits per heavy atom. The van der Waals surface area contributed by atoms with Crippen LogP contribution in [-0.2, 0) is 4.79 Å². The van der Waals surface area contributed by atoms with Crippen molar-refractivity contribution in [2.45, 2.75) is 45.4 Å². The predicted molar refractivity (Wildman–Crippen MR) is 108 cm³/mol. The van der Waals surface area contributed by atoms with Gasteiger partial charge in [-0.25, -0.2) is 0 Å². The molecule has 0 spiro atoms. The molecule has 136 valence electrons. The lowest BCUT2D eigenvalue weighted by Gasteiger charge is -2.36. The van der Waals surface area contributed by atoms with Gasteiger partial charge in [0.05, 0.1) is 0 Å². The van der Waals surface area contributed by atoms with E-state index in [0.29, 0.717) is 0 Å². The van der Waals surface area contributed by atoms with Gasteiger partial charge in [-0.2, -0.15) is 0 Å². The van der Waals surface area contributed by atoms with E-state index in [2.05, 4.69) is 36.6 Å². The summed E-state index contributed by atoms with van der Waals surface area (Å²) in [4.78, 5) is 16.6. The first-order valence-corrected chi connectivity index (χ1v) is 9.68. The number of carbonyl (C=O) groups is 1. The molecule has 25 heavy (non-hydrogen) atoms. The summed E-state index contributed by atoms with van der Waals surface area (Å²) < 4.78 is 0. The van der Waals surface area contributed by atoms with Gasteiger partial charge in [-0.15, -0.1) is 0 Å². The minimum atomic E-state index is 0.158. The molecule has 1 heterocycles. The fourth-order valence-electron chi connectivity index (χ4n) is 3.27. The average Bonchev–Trinajstić information content (AvgIpc) is 2.67. The zero-order chi connectivity index (χ0) is 17.9. The summed E-state index contributed by atoms with van der Waals surface area (Å²) in [5.74, 6) is 0.158. The molecule has 0 saturated carbocycles. The summed E-state index contributed by atoms with van der Waals surface area (Å²) in [5.41, 5.74) is 2.37. The molecule has 1 aliphatic heterocycles. The lowest BCUT2D eigenvalue weighted by atomic mass is 10.1. The molecule has 2 rings (SSSR count). The van der Waals surface area contributed by atoms with Crippen LogP contribution in [0.3, 0.4) is 0 Å². The van der Waals surface area contributed by atoms with Crippen LogP contribution in [0.5, 0.6) is 0 Å². The molecule has 0 aliphatic carbocycles. The number of amides is 1. The van der Waals surface area contributed by atoms with Crippen LogP contribution in [0.1, 0.15) is 51.0 Å². The van der Waals surface area contributed by atoms with Gasteiger partial charge >= 0.3 is 0 Å². The smallest absolute Gasteiger partial charge is 0.246 e. The Balaban J connectivity index is 1.74. The Hall–Kier alpha value is -2.03. The van der Waals surface area contributed by atoms with E-state index in [-0.39, 0.29) is 5.91 Å². The normalized spacial score (nSPS) is 14.9. The van der Waals surface area contributed by atoms with Crippen molar-refractivity contribution in [2.75, 3.05) is 31.1 Å². The van der Waals surface area contributed by atoms with Crippen LogP contribution in [0.15, 0.2) is 43.0 Å². The number of benzene rings is 1. The van der Waals surface area contributed by atoms with E-state index in [9.17, 15) is 4.79 Å². The third-order valence-electron chi connectivity index (χ3n) is 4.82. The minimum Gasteiger partial charge on any atom is -0.367 e. The van der Waals surface area contributed by atoms with E-state index in [0.717, 1.165) is 38.2 Å². The zero-order valence-corrected chi connectivity index (χ0v) is 15.6.